The number of hydrogen-bond donors (Lipinski definition) is 3. The maximum Gasteiger partial charge on any atom is 0.305 e. The number of nitrogens with one attached hydrogen (secondary N) is 1. The van der Waals surface area contributed by atoms with Gasteiger partial charge in [0.1, 0.15) is 0 Å². The van der Waals surface area contributed by atoms with Crippen LogP contribution in [0.25, 0.3) is 0 Å². The summed E-state index contributed by atoms with van der Waals surface area (Å²) < 4.78 is 5.48. The maximum absolute atomic E-state index is 12.5. The molecule has 0 bridgehead atoms. The van der Waals surface area contributed by atoms with Crippen LogP contribution in [0.4, 0.5) is 0 Å². The zero-order valence-corrected chi connectivity index (χ0v) is 57.1. The molecule has 6 nitrogen and oxygen atoms in total. The predicted octanol–water partition coefficient (Wildman–Crippen LogP) is 25.0. The van der Waals surface area contributed by atoms with Crippen molar-refractivity contribution in [3.05, 3.63) is 60.8 Å². The minimum atomic E-state index is -0.845. The Bertz CT molecular complexity index is 1470. The van der Waals surface area contributed by atoms with Crippen LogP contribution >= 0.6 is 0 Å². The van der Waals surface area contributed by atoms with Crippen molar-refractivity contribution < 1.29 is 24.5 Å². The van der Waals surface area contributed by atoms with Gasteiger partial charge in [0.25, 0.3) is 0 Å². The zero-order valence-electron chi connectivity index (χ0n) is 57.1. The summed E-state index contributed by atoms with van der Waals surface area (Å²) in [5, 5.41) is 23.3. The van der Waals surface area contributed by atoms with Crippen molar-refractivity contribution in [3.63, 3.8) is 0 Å². The molecule has 0 aliphatic carbocycles. The number of rotatable bonds is 71. The Morgan fingerprint density at radius 3 is 0.918 bits per heavy atom. The van der Waals surface area contributed by atoms with E-state index < -0.39 is 12.1 Å². The highest BCUT2D eigenvalue weighted by molar-refractivity contribution is 5.76. The fourth-order valence-corrected chi connectivity index (χ4v) is 11.7. The third-order valence-electron chi connectivity index (χ3n) is 17.5. The number of hydrogen-bond acceptors (Lipinski definition) is 5. The van der Waals surface area contributed by atoms with Gasteiger partial charge in [-0.25, -0.2) is 0 Å². The van der Waals surface area contributed by atoms with Crippen molar-refractivity contribution in [2.75, 3.05) is 13.2 Å². The minimum absolute atomic E-state index is 0.0000833. The number of allylic oxidation sites excluding steroid dienone is 9. The zero-order chi connectivity index (χ0) is 61.3. The lowest BCUT2D eigenvalue weighted by Gasteiger charge is -2.20. The largest absolute Gasteiger partial charge is 0.466 e. The number of unbranched alkanes of at least 4 members (excludes halogenated alkanes) is 52. The smallest absolute Gasteiger partial charge is 0.305 e. The molecule has 0 fully saturated rings. The van der Waals surface area contributed by atoms with E-state index in [2.05, 4.69) is 67.8 Å². The highest BCUT2D eigenvalue weighted by Crippen LogP contribution is 2.19. The van der Waals surface area contributed by atoms with Gasteiger partial charge in [-0.2, -0.15) is 0 Å². The van der Waals surface area contributed by atoms with Gasteiger partial charge >= 0.3 is 5.97 Å². The number of amides is 1. The van der Waals surface area contributed by atoms with Gasteiger partial charge in [0.2, 0.25) is 5.91 Å². The van der Waals surface area contributed by atoms with E-state index in [0.29, 0.717) is 19.4 Å². The van der Waals surface area contributed by atoms with Gasteiger partial charge in [-0.1, -0.05) is 357 Å². The van der Waals surface area contributed by atoms with Gasteiger partial charge in [-0.15, -0.1) is 0 Å². The molecule has 498 valence electrons. The molecule has 0 aliphatic rings. The molecule has 0 aromatic carbocycles. The standard InChI is InChI=1S/C79H147NO5/c1-3-5-7-9-11-13-15-17-19-20-21-37-40-44-47-51-55-59-63-67-71-77(82)76(75-81)80-78(83)72-68-64-60-56-52-48-45-41-38-35-33-31-29-27-25-23-22-24-26-28-30-32-34-36-39-42-46-50-54-58-62-66-70-74-85-79(84)73-69-65-61-57-53-49-43-18-16-14-12-10-8-6-4-2/h12,14,18,26,28,32,34,43,67,71,76-77,81-82H,3-11,13,15-17,19-25,27,29-31,33,35-42,44-66,68-70,72-75H2,1-2H3,(H,80,83)/b14-12-,28-26-,34-32-,43-18-,71-67+. The van der Waals surface area contributed by atoms with Crippen molar-refractivity contribution >= 4 is 11.9 Å². The molecule has 0 saturated carbocycles. The second-order valence-electron chi connectivity index (χ2n) is 26.0. The first-order valence-corrected chi connectivity index (χ1v) is 38.1. The third-order valence-corrected chi connectivity index (χ3v) is 17.5. The van der Waals surface area contributed by atoms with E-state index in [1.54, 1.807) is 6.08 Å². The molecule has 1 amide bonds. The van der Waals surface area contributed by atoms with Crippen molar-refractivity contribution in [2.24, 2.45) is 0 Å². The summed E-state index contributed by atoms with van der Waals surface area (Å²) >= 11 is 0. The van der Waals surface area contributed by atoms with Gasteiger partial charge < -0.3 is 20.3 Å². The van der Waals surface area contributed by atoms with Gasteiger partial charge in [0, 0.05) is 12.8 Å². The number of aliphatic hydroxyl groups excluding tert-OH is 2. The Morgan fingerprint density at radius 1 is 0.329 bits per heavy atom. The normalized spacial score (nSPS) is 12.8. The second-order valence-corrected chi connectivity index (χ2v) is 26.0. The van der Waals surface area contributed by atoms with Gasteiger partial charge in [0.15, 0.2) is 0 Å². The number of aliphatic hydroxyl groups is 2. The molecule has 0 aliphatic heterocycles. The van der Waals surface area contributed by atoms with E-state index in [0.717, 1.165) is 57.8 Å². The van der Waals surface area contributed by atoms with E-state index in [4.69, 9.17) is 4.74 Å². The topological polar surface area (TPSA) is 95.9 Å². The van der Waals surface area contributed by atoms with Crippen molar-refractivity contribution in [3.8, 4) is 0 Å². The third kappa shape index (κ3) is 70.5. The molecule has 85 heavy (non-hydrogen) atoms. The Balaban J connectivity index is 3.41. The quantitative estimate of drug-likeness (QED) is 0.0320. The summed E-state index contributed by atoms with van der Waals surface area (Å²) in [5.41, 5.74) is 0. The van der Waals surface area contributed by atoms with E-state index >= 15 is 0 Å². The van der Waals surface area contributed by atoms with E-state index in [9.17, 15) is 19.8 Å². The summed E-state index contributed by atoms with van der Waals surface area (Å²) in [6, 6.07) is -0.628. The molecular formula is C79H147NO5. The number of carbonyl (C=O) groups is 2. The first-order valence-electron chi connectivity index (χ1n) is 38.1. The first-order chi connectivity index (χ1) is 42.0. The molecular weight excluding hydrogens is 1040 g/mol. The molecule has 0 aromatic heterocycles. The number of esters is 1. The fraction of sp³-hybridized carbons (Fsp3) is 0.848. The Labute approximate surface area is 530 Å². The van der Waals surface area contributed by atoms with Crippen LogP contribution in [0.5, 0.6) is 0 Å². The lowest BCUT2D eigenvalue weighted by molar-refractivity contribution is -0.143. The average Bonchev–Trinajstić information content (AvgIpc) is 3.51. The van der Waals surface area contributed by atoms with Gasteiger partial charge in [-0.3, -0.25) is 9.59 Å². The SMILES string of the molecule is CCCCC/C=C\C/C=C\CCCCCCCC(=O)OCCCCCCCCCCC/C=C\C/C=C\CCCCCCCCCCCCCCCCCCCC(=O)NC(CO)C(O)/C=C/CCCCCCCCCCCCCCCCCCCC. The van der Waals surface area contributed by atoms with Gasteiger partial charge in [0.05, 0.1) is 25.4 Å². The lowest BCUT2D eigenvalue weighted by Crippen LogP contribution is -2.45. The van der Waals surface area contributed by atoms with Crippen molar-refractivity contribution in [1.82, 2.24) is 5.32 Å². The fourth-order valence-electron chi connectivity index (χ4n) is 11.7. The highest BCUT2D eigenvalue weighted by atomic mass is 16.5. The Morgan fingerprint density at radius 2 is 0.588 bits per heavy atom. The van der Waals surface area contributed by atoms with Crippen molar-refractivity contribution in [1.29, 1.82) is 0 Å². The molecule has 6 heteroatoms. The molecule has 0 spiro atoms. The Kier molecular flexibility index (Phi) is 71.9. The highest BCUT2D eigenvalue weighted by Gasteiger charge is 2.18. The van der Waals surface area contributed by atoms with Crippen LogP contribution in [0.2, 0.25) is 0 Å². The summed E-state index contributed by atoms with van der Waals surface area (Å²) in [4.78, 5) is 24.6. The molecule has 0 heterocycles. The predicted molar refractivity (Wildman–Crippen MR) is 375 cm³/mol. The molecule has 0 radical (unpaired) electrons. The van der Waals surface area contributed by atoms with E-state index in [-0.39, 0.29) is 18.5 Å². The van der Waals surface area contributed by atoms with Crippen LogP contribution in [-0.4, -0.2) is 47.4 Å². The van der Waals surface area contributed by atoms with Crippen LogP contribution in [0, 0.1) is 0 Å². The van der Waals surface area contributed by atoms with Crippen LogP contribution in [0.3, 0.4) is 0 Å². The molecule has 2 atom stereocenters. The van der Waals surface area contributed by atoms with Crippen LogP contribution in [-0.2, 0) is 14.3 Å². The molecule has 2 unspecified atom stereocenters. The van der Waals surface area contributed by atoms with Crippen LogP contribution in [0.1, 0.15) is 406 Å². The Hall–Kier alpha value is -2.44. The second kappa shape index (κ2) is 74.0. The molecule has 3 N–H and O–H groups in total. The minimum Gasteiger partial charge on any atom is -0.466 e. The number of ether oxygens (including phenoxy) is 1. The summed E-state index contributed by atoms with van der Waals surface area (Å²) in [7, 11) is 0. The lowest BCUT2D eigenvalue weighted by atomic mass is 10.0. The van der Waals surface area contributed by atoms with Crippen LogP contribution in [0.15, 0.2) is 60.8 Å². The summed E-state index contributed by atoms with van der Waals surface area (Å²) in [6.07, 6.45) is 98.9. The van der Waals surface area contributed by atoms with E-state index in [1.807, 2.05) is 6.08 Å². The van der Waals surface area contributed by atoms with Crippen LogP contribution < -0.4 is 5.32 Å². The molecule has 0 aromatic rings. The summed E-state index contributed by atoms with van der Waals surface area (Å²) in [5.74, 6) is -0.0630. The molecule has 0 saturated heterocycles. The van der Waals surface area contributed by atoms with Crippen molar-refractivity contribution in [2.45, 2.75) is 418 Å². The first kappa shape index (κ1) is 82.6. The number of carbonyl (C=O) groups excluding carboxylic acids is 2. The van der Waals surface area contributed by atoms with E-state index in [1.165, 1.54) is 321 Å². The monoisotopic (exact) mass is 1190 g/mol. The molecule has 0 rings (SSSR count). The van der Waals surface area contributed by atoms with Gasteiger partial charge in [-0.05, 0) is 96.3 Å². The average molecular weight is 1190 g/mol. The summed E-state index contributed by atoms with van der Waals surface area (Å²) in [6.45, 7) is 4.90. The maximum atomic E-state index is 12.5.